The Labute approximate surface area is 273 Å². The number of piperazine rings is 1. The fourth-order valence-corrected chi connectivity index (χ4v) is 8.89. The number of aryl methyl sites for hydroxylation is 1. The van der Waals surface area contributed by atoms with Crippen LogP contribution in [0.1, 0.15) is 53.6 Å². The molecule has 12 heteroatoms. The number of anilines is 5. The molecule has 250 valence electrons. The summed E-state index contributed by atoms with van der Waals surface area (Å²) >= 11 is 0. The summed E-state index contributed by atoms with van der Waals surface area (Å²) in [6.07, 6.45) is 3.17. The molecule has 5 aliphatic rings. The van der Waals surface area contributed by atoms with Crippen molar-refractivity contribution in [2.75, 3.05) is 55.9 Å². The third-order valence-corrected chi connectivity index (χ3v) is 10.8. The summed E-state index contributed by atoms with van der Waals surface area (Å²) in [5, 5.41) is 8.34. The van der Waals surface area contributed by atoms with Crippen LogP contribution in [0, 0.1) is 30.6 Å². The van der Waals surface area contributed by atoms with E-state index in [1.54, 1.807) is 26.2 Å². The van der Waals surface area contributed by atoms with E-state index in [0.29, 0.717) is 17.0 Å². The monoisotopic (exact) mass is 649 g/mol. The van der Waals surface area contributed by atoms with Crippen LogP contribution in [0.3, 0.4) is 0 Å². The third-order valence-electron chi connectivity index (χ3n) is 10.8. The molecular weight excluding hydrogens is 607 g/mol. The molecule has 5 fully saturated rings. The van der Waals surface area contributed by atoms with Gasteiger partial charge < -0.3 is 25.6 Å². The molecule has 0 radical (unpaired) electrons. The molecule has 4 aliphatic carbocycles. The highest BCUT2D eigenvalue weighted by molar-refractivity contribution is 6.00. The van der Waals surface area contributed by atoms with Crippen LogP contribution in [-0.2, 0) is 6.18 Å². The zero-order valence-corrected chi connectivity index (χ0v) is 27.0. The molecule has 8 rings (SSSR count). The summed E-state index contributed by atoms with van der Waals surface area (Å²) in [5.74, 6) is 3.27. The molecule has 1 saturated heterocycles. The van der Waals surface area contributed by atoms with Gasteiger partial charge in [-0.2, -0.15) is 18.2 Å². The van der Waals surface area contributed by atoms with Crippen LogP contribution in [0.25, 0.3) is 0 Å². The van der Waals surface area contributed by atoms with Gasteiger partial charge >= 0.3 is 6.18 Å². The van der Waals surface area contributed by atoms with Crippen LogP contribution in [0.15, 0.2) is 42.6 Å². The Morgan fingerprint density at radius 1 is 0.957 bits per heavy atom. The number of benzene rings is 2. The number of hydrogen-bond acceptors (Lipinski definition) is 8. The average molecular weight is 650 g/mol. The minimum atomic E-state index is -4.73. The van der Waals surface area contributed by atoms with Crippen molar-refractivity contribution in [3.05, 3.63) is 59.3 Å². The first kappa shape index (κ1) is 31.5. The first-order valence-corrected chi connectivity index (χ1v) is 16.6. The topological polar surface area (TPSA) is 94.6 Å². The van der Waals surface area contributed by atoms with E-state index in [9.17, 15) is 18.0 Å². The smallest absolute Gasteiger partial charge is 0.421 e. The number of ether oxygens (including phenoxy) is 1. The van der Waals surface area contributed by atoms with Crippen molar-refractivity contribution < 1.29 is 22.7 Å². The molecule has 1 amide bonds. The Morgan fingerprint density at radius 3 is 2.30 bits per heavy atom. The van der Waals surface area contributed by atoms with Crippen LogP contribution in [0.2, 0.25) is 0 Å². The molecule has 0 spiro atoms. The molecule has 0 atom stereocenters. The van der Waals surface area contributed by atoms with E-state index >= 15 is 0 Å². The van der Waals surface area contributed by atoms with Crippen LogP contribution in [0.4, 0.5) is 42.0 Å². The number of halogens is 3. The highest BCUT2D eigenvalue weighted by Crippen LogP contribution is 2.55. The van der Waals surface area contributed by atoms with Crippen molar-refractivity contribution in [1.82, 2.24) is 20.2 Å². The lowest BCUT2D eigenvalue weighted by atomic mass is 9.54. The van der Waals surface area contributed by atoms with Gasteiger partial charge in [-0.25, -0.2) is 4.98 Å². The average Bonchev–Trinajstić information content (AvgIpc) is 3.05. The molecular formula is C35H42F3N7O2. The van der Waals surface area contributed by atoms with Crippen LogP contribution in [-0.4, -0.2) is 67.2 Å². The third kappa shape index (κ3) is 6.19. The fourth-order valence-electron chi connectivity index (χ4n) is 8.89. The molecule has 2 aromatic carbocycles. The Balaban J connectivity index is 1.07. The predicted molar refractivity (Wildman–Crippen MR) is 176 cm³/mol. The zero-order chi connectivity index (χ0) is 32.9. The standard InChI is InChI=1S/C35H42F3N7O2/c1-20-5-4-6-26(33(46)39-2)30(20)42-32-27(35(36,37)38)19-40-34(43-32)41-28-8-7-25(18-29(28)47-3)44-9-11-45(12-10-44)31-23-14-21-13-22(16-23)17-24(31)15-21/h4-8,18-19,21-24,31H,9-17H2,1-3H3,(H,39,46)(H2,40,41,42,43)/t21-,22?,23?,24?,31+. The Hall–Kier alpha value is -4.06. The molecule has 1 aromatic heterocycles. The Bertz CT molecular complexity index is 1610. The minimum Gasteiger partial charge on any atom is -0.494 e. The SMILES string of the molecule is CNC(=O)c1cccc(C)c1Nc1nc(Nc2ccc(N3CCN([C@H]4C5CC6CC4C[C@H](C6)C5)CC3)cc2OC)ncc1C(F)(F)F. The number of carbonyl (C=O) groups is 1. The van der Waals surface area contributed by atoms with E-state index in [1.807, 2.05) is 18.2 Å². The number of alkyl halides is 3. The van der Waals surface area contributed by atoms with Gasteiger partial charge in [-0.1, -0.05) is 12.1 Å². The molecule has 3 N–H and O–H groups in total. The quantitative estimate of drug-likeness (QED) is 0.251. The van der Waals surface area contributed by atoms with Crippen molar-refractivity contribution in [3.8, 4) is 5.75 Å². The van der Waals surface area contributed by atoms with Gasteiger partial charge in [-0.3, -0.25) is 9.69 Å². The molecule has 1 aliphatic heterocycles. The number of carbonyl (C=O) groups excluding carboxylic acids is 1. The highest BCUT2D eigenvalue weighted by Gasteiger charge is 2.50. The normalized spacial score (nSPS) is 25.5. The Morgan fingerprint density at radius 2 is 1.66 bits per heavy atom. The van der Waals surface area contributed by atoms with Gasteiger partial charge in [0.15, 0.2) is 0 Å². The molecule has 2 heterocycles. The molecule has 4 bridgehead atoms. The maximum Gasteiger partial charge on any atom is 0.421 e. The van der Waals surface area contributed by atoms with Gasteiger partial charge in [0, 0.05) is 57.2 Å². The van der Waals surface area contributed by atoms with Crippen LogP contribution < -0.4 is 25.6 Å². The first-order valence-electron chi connectivity index (χ1n) is 16.6. The van der Waals surface area contributed by atoms with Crippen molar-refractivity contribution in [2.45, 2.75) is 51.2 Å². The molecule has 4 saturated carbocycles. The fraction of sp³-hybridized carbons (Fsp3) is 0.514. The predicted octanol–water partition coefficient (Wildman–Crippen LogP) is 6.61. The second-order valence-electron chi connectivity index (χ2n) is 13.6. The number of rotatable bonds is 8. The number of methoxy groups -OCH3 is 1. The van der Waals surface area contributed by atoms with Crippen LogP contribution in [0.5, 0.6) is 5.75 Å². The largest absolute Gasteiger partial charge is 0.494 e. The number of aromatic nitrogens is 2. The summed E-state index contributed by atoms with van der Waals surface area (Å²) in [4.78, 5) is 25.8. The highest BCUT2D eigenvalue weighted by atomic mass is 19.4. The van der Waals surface area contributed by atoms with Gasteiger partial charge in [0.1, 0.15) is 17.1 Å². The molecule has 9 nitrogen and oxygen atoms in total. The summed E-state index contributed by atoms with van der Waals surface area (Å²) in [5.41, 5.74) is 1.52. The van der Waals surface area contributed by atoms with Crippen molar-refractivity contribution in [1.29, 1.82) is 0 Å². The minimum absolute atomic E-state index is 0.0501. The number of para-hydroxylation sites is 1. The number of amides is 1. The summed E-state index contributed by atoms with van der Waals surface area (Å²) in [7, 11) is 3.03. The molecule has 3 aromatic rings. The van der Waals surface area contributed by atoms with Gasteiger partial charge in [0.25, 0.3) is 5.91 Å². The van der Waals surface area contributed by atoms with E-state index in [4.69, 9.17) is 4.74 Å². The van der Waals surface area contributed by atoms with Crippen LogP contribution >= 0.6 is 0 Å². The van der Waals surface area contributed by atoms with Gasteiger partial charge in [-0.15, -0.1) is 0 Å². The van der Waals surface area contributed by atoms with E-state index < -0.39 is 23.5 Å². The van der Waals surface area contributed by atoms with Crippen molar-refractivity contribution in [2.24, 2.45) is 23.7 Å². The van der Waals surface area contributed by atoms with E-state index in [-0.39, 0.29) is 17.2 Å². The van der Waals surface area contributed by atoms with E-state index in [2.05, 4.69) is 35.7 Å². The lowest BCUT2D eigenvalue weighted by molar-refractivity contribution is -0.137. The Kier molecular flexibility index (Phi) is 8.40. The number of nitrogens with one attached hydrogen (secondary N) is 3. The summed E-state index contributed by atoms with van der Waals surface area (Å²) < 4.78 is 47.8. The van der Waals surface area contributed by atoms with Gasteiger partial charge in [0.2, 0.25) is 5.95 Å². The lowest BCUT2D eigenvalue weighted by Crippen LogP contribution is -2.60. The second-order valence-corrected chi connectivity index (χ2v) is 13.6. The number of nitrogens with zero attached hydrogens (tertiary/aromatic N) is 4. The molecule has 0 unspecified atom stereocenters. The molecule has 47 heavy (non-hydrogen) atoms. The lowest BCUT2D eigenvalue weighted by Gasteiger charge is -2.58. The van der Waals surface area contributed by atoms with Gasteiger partial charge in [-0.05, 0) is 86.5 Å². The first-order chi connectivity index (χ1) is 22.6. The maximum absolute atomic E-state index is 14.0. The van der Waals surface area contributed by atoms with Gasteiger partial charge in [0.05, 0.1) is 24.0 Å². The maximum atomic E-state index is 14.0. The van der Waals surface area contributed by atoms with Crippen molar-refractivity contribution >= 4 is 34.7 Å². The van der Waals surface area contributed by atoms with Crippen molar-refractivity contribution in [3.63, 3.8) is 0 Å². The number of hydrogen-bond donors (Lipinski definition) is 3. The zero-order valence-electron chi connectivity index (χ0n) is 27.0. The second kappa shape index (κ2) is 12.5. The van der Waals surface area contributed by atoms with E-state index in [0.717, 1.165) is 67.8 Å². The summed E-state index contributed by atoms with van der Waals surface area (Å²) in [6.45, 7) is 5.68. The van der Waals surface area contributed by atoms with E-state index in [1.165, 1.54) is 45.2 Å². The summed E-state index contributed by atoms with van der Waals surface area (Å²) in [6, 6.07) is 11.5.